The van der Waals surface area contributed by atoms with Gasteiger partial charge in [-0.3, -0.25) is 14.2 Å². The Balaban J connectivity index is 2.18. The summed E-state index contributed by atoms with van der Waals surface area (Å²) in [6.07, 6.45) is 1.05. The molecule has 6 heteroatoms. The Morgan fingerprint density at radius 1 is 1.22 bits per heavy atom. The molecule has 4 nitrogen and oxygen atoms in total. The molecule has 0 amide bonds. The Morgan fingerprint density at radius 2 is 1.93 bits per heavy atom. The second-order valence-electron chi connectivity index (χ2n) is 6.59. The molecular weight excluding hydrogens is 380 g/mol. The monoisotopic (exact) mass is 400 g/mol. The Bertz CT molecular complexity index is 1040. The van der Waals surface area contributed by atoms with E-state index in [-0.39, 0.29) is 17.1 Å². The van der Waals surface area contributed by atoms with Crippen LogP contribution in [-0.4, -0.2) is 21.1 Å². The first-order valence-electron chi connectivity index (χ1n) is 8.85. The Morgan fingerprint density at radius 3 is 2.56 bits per heavy atom. The van der Waals surface area contributed by atoms with Crippen LogP contribution in [0.1, 0.15) is 38.7 Å². The molecule has 0 fully saturated rings. The third kappa shape index (κ3) is 4.25. The van der Waals surface area contributed by atoms with Gasteiger partial charge in [-0.2, -0.15) is 0 Å². The fourth-order valence-electron chi connectivity index (χ4n) is 2.82. The molecule has 1 unspecified atom stereocenters. The van der Waals surface area contributed by atoms with Crippen molar-refractivity contribution in [2.45, 2.75) is 38.3 Å². The third-order valence-electron chi connectivity index (χ3n) is 4.54. The summed E-state index contributed by atoms with van der Waals surface area (Å²) in [6.45, 7) is 5.85. The number of carbonyl (C=O) groups excluding carboxylic acids is 1. The molecule has 0 spiro atoms. The van der Waals surface area contributed by atoms with Crippen LogP contribution < -0.4 is 5.56 Å². The lowest BCUT2D eigenvalue weighted by Gasteiger charge is -2.15. The summed E-state index contributed by atoms with van der Waals surface area (Å²) in [5.74, 6) is 0.747. The zero-order valence-corrected chi connectivity index (χ0v) is 17.1. The fourth-order valence-corrected chi connectivity index (χ4v) is 3.80. The first kappa shape index (κ1) is 19.6. The van der Waals surface area contributed by atoms with Crippen LogP contribution in [-0.2, 0) is 4.79 Å². The molecule has 3 rings (SSSR count). The molecule has 0 bridgehead atoms. The van der Waals surface area contributed by atoms with Crippen LogP contribution in [0.4, 0.5) is 0 Å². The number of rotatable bonds is 6. The third-order valence-corrected chi connectivity index (χ3v) is 5.85. The van der Waals surface area contributed by atoms with E-state index in [0.29, 0.717) is 27.0 Å². The maximum atomic E-state index is 13.2. The molecule has 2 aromatic carbocycles. The van der Waals surface area contributed by atoms with Crippen molar-refractivity contribution in [3.05, 3.63) is 63.4 Å². The molecule has 27 heavy (non-hydrogen) atoms. The number of fused-ring (bicyclic) bond motifs is 1. The van der Waals surface area contributed by atoms with E-state index in [1.54, 1.807) is 22.8 Å². The molecule has 0 aliphatic carbocycles. The maximum absolute atomic E-state index is 13.2. The summed E-state index contributed by atoms with van der Waals surface area (Å²) < 4.78 is 1.56. The van der Waals surface area contributed by atoms with E-state index in [0.717, 1.165) is 12.1 Å². The van der Waals surface area contributed by atoms with Gasteiger partial charge in [-0.15, -0.1) is 0 Å². The summed E-state index contributed by atoms with van der Waals surface area (Å²) in [6, 6.07) is 13.0. The van der Waals surface area contributed by atoms with Gasteiger partial charge in [0, 0.05) is 5.02 Å². The smallest absolute Gasteiger partial charge is 0.266 e. The number of Topliss-reactive ketones (excluding diaryl/α,β-unsaturated/α-hetero) is 1. The number of hydrogen-bond acceptors (Lipinski definition) is 4. The van der Waals surface area contributed by atoms with Gasteiger partial charge in [0.15, 0.2) is 5.16 Å². The van der Waals surface area contributed by atoms with Crippen molar-refractivity contribution in [2.75, 3.05) is 5.75 Å². The van der Waals surface area contributed by atoms with E-state index in [1.165, 1.54) is 24.2 Å². The number of benzene rings is 2. The molecule has 1 heterocycles. The van der Waals surface area contributed by atoms with Gasteiger partial charge in [-0.05, 0) is 55.2 Å². The quantitative estimate of drug-likeness (QED) is 0.419. The summed E-state index contributed by atoms with van der Waals surface area (Å²) in [7, 11) is 0. The molecule has 0 N–H and O–H groups in total. The highest BCUT2D eigenvalue weighted by Crippen LogP contribution is 2.25. The Kier molecular flexibility index (Phi) is 6.02. The van der Waals surface area contributed by atoms with Gasteiger partial charge in [0.05, 0.1) is 22.3 Å². The first-order valence-corrected chi connectivity index (χ1v) is 10.2. The molecule has 0 saturated heterocycles. The van der Waals surface area contributed by atoms with Gasteiger partial charge < -0.3 is 0 Å². The number of hydrogen-bond donors (Lipinski definition) is 0. The fraction of sp³-hybridized carbons (Fsp3) is 0.286. The zero-order chi connectivity index (χ0) is 19.6. The Labute approximate surface area is 167 Å². The minimum Gasteiger partial charge on any atom is -0.299 e. The minimum absolute atomic E-state index is 0.0316. The lowest BCUT2D eigenvalue weighted by Crippen LogP contribution is -2.22. The van der Waals surface area contributed by atoms with E-state index >= 15 is 0 Å². The highest BCUT2D eigenvalue weighted by molar-refractivity contribution is 7.99. The summed E-state index contributed by atoms with van der Waals surface area (Å²) in [5.41, 5.74) is 2.34. The van der Waals surface area contributed by atoms with Crippen molar-refractivity contribution in [1.29, 1.82) is 0 Å². The first-order chi connectivity index (χ1) is 12.9. The summed E-state index contributed by atoms with van der Waals surface area (Å²) in [5, 5.41) is 1.45. The zero-order valence-electron chi connectivity index (χ0n) is 15.5. The second-order valence-corrected chi connectivity index (χ2v) is 7.97. The van der Waals surface area contributed by atoms with Crippen molar-refractivity contribution in [1.82, 2.24) is 9.55 Å². The van der Waals surface area contributed by atoms with E-state index in [1.807, 2.05) is 24.3 Å². The SMILES string of the molecule is CCC(C)c1ccc(-n2c(SCC(C)=O)nc3ccc(Cl)cc3c2=O)cc1. The van der Waals surface area contributed by atoms with Gasteiger partial charge in [-0.25, -0.2) is 4.98 Å². The maximum Gasteiger partial charge on any atom is 0.266 e. The minimum atomic E-state index is -0.190. The van der Waals surface area contributed by atoms with Crippen molar-refractivity contribution < 1.29 is 4.79 Å². The lowest BCUT2D eigenvalue weighted by molar-refractivity contribution is -0.114. The number of aromatic nitrogens is 2. The normalized spacial score (nSPS) is 12.3. The topological polar surface area (TPSA) is 52.0 Å². The molecule has 1 aromatic heterocycles. The molecule has 3 aromatic rings. The molecule has 140 valence electrons. The van der Waals surface area contributed by atoms with Gasteiger partial charge in [-0.1, -0.05) is 49.3 Å². The molecule has 0 radical (unpaired) electrons. The largest absolute Gasteiger partial charge is 0.299 e. The molecule has 1 atom stereocenters. The predicted octanol–water partition coefficient (Wildman–Crippen LogP) is 5.23. The average molecular weight is 401 g/mol. The van der Waals surface area contributed by atoms with Gasteiger partial charge in [0.1, 0.15) is 5.78 Å². The van der Waals surface area contributed by atoms with Crippen LogP contribution in [0.5, 0.6) is 0 Å². The van der Waals surface area contributed by atoms with Crippen LogP contribution in [0.15, 0.2) is 52.4 Å². The van der Waals surface area contributed by atoms with Gasteiger partial charge in [0.25, 0.3) is 5.56 Å². The lowest BCUT2D eigenvalue weighted by atomic mass is 9.98. The number of thioether (sulfide) groups is 1. The summed E-state index contributed by atoms with van der Waals surface area (Å²) in [4.78, 5) is 29.3. The van der Waals surface area contributed by atoms with Crippen molar-refractivity contribution in [3.63, 3.8) is 0 Å². The molecule has 0 aliphatic rings. The van der Waals surface area contributed by atoms with E-state index in [2.05, 4.69) is 18.8 Å². The van der Waals surface area contributed by atoms with Crippen LogP contribution in [0.3, 0.4) is 0 Å². The number of nitrogens with zero attached hydrogens (tertiary/aromatic N) is 2. The van der Waals surface area contributed by atoms with Gasteiger partial charge >= 0.3 is 0 Å². The summed E-state index contributed by atoms with van der Waals surface area (Å²) >= 11 is 7.34. The van der Waals surface area contributed by atoms with Crippen molar-refractivity contribution >= 4 is 40.0 Å². The number of halogens is 1. The standard InChI is InChI=1S/C21H21ClN2O2S/c1-4-13(2)15-5-8-17(9-6-15)24-20(26)18-11-16(22)7-10-19(18)23-21(24)27-12-14(3)25/h5-11,13H,4,12H2,1-3H3. The van der Waals surface area contributed by atoms with E-state index < -0.39 is 0 Å². The number of carbonyl (C=O) groups is 1. The van der Waals surface area contributed by atoms with Crippen LogP contribution in [0.2, 0.25) is 5.02 Å². The molecular formula is C21H21ClN2O2S. The van der Waals surface area contributed by atoms with E-state index in [4.69, 9.17) is 11.6 Å². The van der Waals surface area contributed by atoms with Crippen LogP contribution >= 0.6 is 23.4 Å². The van der Waals surface area contributed by atoms with Crippen molar-refractivity contribution in [3.8, 4) is 5.69 Å². The second kappa shape index (κ2) is 8.28. The average Bonchev–Trinajstić information content (AvgIpc) is 2.66. The highest BCUT2D eigenvalue weighted by atomic mass is 35.5. The van der Waals surface area contributed by atoms with Crippen LogP contribution in [0.25, 0.3) is 16.6 Å². The van der Waals surface area contributed by atoms with Gasteiger partial charge in [0.2, 0.25) is 0 Å². The molecule has 0 saturated carbocycles. The van der Waals surface area contributed by atoms with Crippen molar-refractivity contribution in [2.24, 2.45) is 0 Å². The molecule has 0 aliphatic heterocycles. The predicted molar refractivity (Wildman–Crippen MR) is 112 cm³/mol. The highest BCUT2D eigenvalue weighted by Gasteiger charge is 2.15. The van der Waals surface area contributed by atoms with Crippen LogP contribution in [0, 0.1) is 0 Å². The Hall–Kier alpha value is -2.11. The number of ketones is 1. The van der Waals surface area contributed by atoms with E-state index in [9.17, 15) is 9.59 Å².